The van der Waals surface area contributed by atoms with Gasteiger partial charge in [0.25, 0.3) is 5.78 Å². The zero-order chi connectivity index (χ0) is 28.7. The first kappa shape index (κ1) is 27.2. The highest BCUT2D eigenvalue weighted by Gasteiger charge is 2.47. The second-order valence-corrected chi connectivity index (χ2v) is 9.92. The Morgan fingerprint density at radius 3 is 2.26 bits per heavy atom. The summed E-state index contributed by atoms with van der Waals surface area (Å²) < 4.78 is 131. The number of hydrogen-bond acceptors (Lipinski definition) is 5. The van der Waals surface area contributed by atoms with Crippen LogP contribution in [0.3, 0.4) is 0 Å². The molecule has 3 aromatic carbocycles. The van der Waals surface area contributed by atoms with Crippen LogP contribution in [0.2, 0.25) is 0 Å². The third-order valence-corrected chi connectivity index (χ3v) is 7.82. The molecule has 14 heteroatoms. The Balaban J connectivity index is 2.04. The second kappa shape index (κ2) is 8.80. The summed E-state index contributed by atoms with van der Waals surface area (Å²) in [5.74, 6) is -2.77. The van der Waals surface area contributed by atoms with Gasteiger partial charge in [0, 0.05) is 34.2 Å². The van der Waals surface area contributed by atoms with Crippen LogP contribution in [0.25, 0.3) is 32.6 Å². The number of alkyl halides is 9. The van der Waals surface area contributed by atoms with E-state index >= 15 is 0 Å². The van der Waals surface area contributed by atoms with E-state index in [4.69, 9.17) is 4.74 Å². The standard InChI is InChI=1S/C25H15F9N2O2S/c1-36-9-39-22(25(32,33)34)12-5-4-11-17(20(12)36)14(21(37)24(29,30)31)8-15-18(23(26,27)28)13-7-10(38-2)3-6-16(13)35-19(11)15/h3-8,22H,9H2,1-2H3. The van der Waals surface area contributed by atoms with Crippen LogP contribution in [-0.2, 0) is 6.18 Å². The van der Waals surface area contributed by atoms with Crippen LogP contribution in [0.4, 0.5) is 45.2 Å². The van der Waals surface area contributed by atoms with Gasteiger partial charge in [-0.3, -0.25) is 4.79 Å². The summed E-state index contributed by atoms with van der Waals surface area (Å²) in [6, 6.07) is 6.01. The molecule has 206 valence electrons. The highest BCUT2D eigenvalue weighted by molar-refractivity contribution is 7.99. The molecular formula is C25H15F9N2O2S. The van der Waals surface area contributed by atoms with E-state index in [0.717, 1.165) is 18.2 Å². The number of nitrogens with zero attached hydrogens (tertiary/aromatic N) is 2. The number of ether oxygens (including phenoxy) is 1. The van der Waals surface area contributed by atoms with E-state index < -0.39 is 67.9 Å². The number of ketones is 1. The molecule has 1 unspecified atom stereocenters. The van der Waals surface area contributed by atoms with Gasteiger partial charge >= 0.3 is 18.5 Å². The van der Waals surface area contributed by atoms with Gasteiger partial charge in [-0.2, -0.15) is 39.5 Å². The highest BCUT2D eigenvalue weighted by atomic mass is 32.2. The molecule has 5 rings (SSSR count). The molecule has 0 bridgehead atoms. The summed E-state index contributed by atoms with van der Waals surface area (Å²) in [4.78, 5) is 18.1. The summed E-state index contributed by atoms with van der Waals surface area (Å²) in [5.41, 5.74) is -3.88. The monoisotopic (exact) mass is 578 g/mol. The number of benzene rings is 3. The first-order chi connectivity index (χ1) is 18.0. The lowest BCUT2D eigenvalue weighted by Crippen LogP contribution is -2.31. The van der Waals surface area contributed by atoms with Crippen molar-refractivity contribution in [3.8, 4) is 5.75 Å². The Morgan fingerprint density at radius 2 is 1.67 bits per heavy atom. The quantitative estimate of drug-likeness (QED) is 0.104. The topological polar surface area (TPSA) is 42.4 Å². The largest absolute Gasteiger partial charge is 0.497 e. The molecule has 0 fully saturated rings. The van der Waals surface area contributed by atoms with Gasteiger partial charge in [-0.25, -0.2) is 4.98 Å². The van der Waals surface area contributed by atoms with Gasteiger partial charge in [0.05, 0.1) is 35.3 Å². The number of carbonyl (C=O) groups excluding carboxylic acids is 1. The van der Waals surface area contributed by atoms with Crippen molar-refractivity contribution in [2.45, 2.75) is 23.8 Å². The Kier molecular flexibility index (Phi) is 6.13. The fourth-order valence-corrected chi connectivity index (χ4v) is 5.96. The Labute approximate surface area is 217 Å². The van der Waals surface area contributed by atoms with E-state index in [1.165, 1.54) is 31.2 Å². The van der Waals surface area contributed by atoms with Crippen molar-refractivity contribution >= 4 is 55.8 Å². The number of Topliss-reactive ketones (excluding diaryl/α,β-unsaturated/α-hetero) is 1. The van der Waals surface area contributed by atoms with Crippen molar-refractivity contribution in [2.24, 2.45) is 0 Å². The maximum absolute atomic E-state index is 14.5. The van der Waals surface area contributed by atoms with Crippen LogP contribution in [0.5, 0.6) is 5.75 Å². The van der Waals surface area contributed by atoms with Gasteiger partial charge in [0.1, 0.15) is 11.0 Å². The average Bonchev–Trinajstić information content (AvgIpc) is 2.83. The molecule has 0 N–H and O–H groups in total. The number of rotatable bonds is 2. The summed E-state index contributed by atoms with van der Waals surface area (Å²) >= 11 is 0.482. The SMILES string of the molecule is COc1ccc2nc3c(cc(C(=O)C(F)(F)F)c4c5c(ccc43)C(C(F)(F)F)SCN5C)c(C(F)(F)F)c2c1. The van der Waals surface area contributed by atoms with Crippen molar-refractivity contribution in [3.63, 3.8) is 0 Å². The molecule has 4 aromatic rings. The third-order valence-electron chi connectivity index (χ3n) is 6.43. The van der Waals surface area contributed by atoms with Gasteiger partial charge in [0.2, 0.25) is 0 Å². The molecule has 1 aromatic heterocycles. The minimum atomic E-state index is -5.53. The van der Waals surface area contributed by atoms with Crippen LogP contribution >= 0.6 is 11.8 Å². The molecule has 2 heterocycles. The third kappa shape index (κ3) is 4.38. The molecule has 0 radical (unpaired) electrons. The minimum absolute atomic E-state index is 0.0212. The zero-order valence-electron chi connectivity index (χ0n) is 19.8. The minimum Gasteiger partial charge on any atom is -0.497 e. The number of hydrogen-bond donors (Lipinski definition) is 0. The summed E-state index contributed by atoms with van der Waals surface area (Å²) in [6.45, 7) is 0. The number of thioether (sulfide) groups is 1. The average molecular weight is 578 g/mol. The van der Waals surface area contributed by atoms with Crippen molar-refractivity contribution < 1.29 is 49.0 Å². The van der Waals surface area contributed by atoms with Crippen molar-refractivity contribution in [3.05, 3.63) is 53.1 Å². The lowest BCUT2D eigenvalue weighted by molar-refractivity contribution is -0.135. The maximum Gasteiger partial charge on any atom is 0.454 e. The second-order valence-electron chi connectivity index (χ2n) is 8.86. The normalized spacial score (nSPS) is 16.7. The van der Waals surface area contributed by atoms with Gasteiger partial charge in [-0.1, -0.05) is 12.1 Å². The smallest absolute Gasteiger partial charge is 0.454 e. The molecule has 0 saturated carbocycles. The first-order valence-electron chi connectivity index (χ1n) is 11.0. The van der Waals surface area contributed by atoms with E-state index in [0.29, 0.717) is 17.8 Å². The lowest BCUT2D eigenvalue weighted by Gasteiger charge is -2.35. The first-order valence-corrected chi connectivity index (χ1v) is 12.1. The number of halogens is 9. The van der Waals surface area contributed by atoms with E-state index in [2.05, 4.69) is 4.98 Å². The van der Waals surface area contributed by atoms with Crippen LogP contribution in [0.15, 0.2) is 36.4 Å². The molecule has 4 nitrogen and oxygen atoms in total. The maximum atomic E-state index is 14.5. The van der Waals surface area contributed by atoms with E-state index in [1.54, 1.807) is 0 Å². The predicted molar refractivity (Wildman–Crippen MR) is 128 cm³/mol. The molecule has 0 saturated heterocycles. The summed E-state index contributed by atoms with van der Waals surface area (Å²) in [6.07, 6.45) is -15.4. The molecule has 0 amide bonds. The fraction of sp³-hybridized carbons (Fsp3) is 0.280. The molecule has 0 spiro atoms. The van der Waals surface area contributed by atoms with E-state index in [1.807, 2.05) is 0 Å². The van der Waals surface area contributed by atoms with Gasteiger partial charge in [-0.15, -0.1) is 11.8 Å². The number of methoxy groups -OCH3 is 1. The van der Waals surface area contributed by atoms with E-state index in [-0.39, 0.29) is 28.2 Å². The number of aromatic nitrogens is 1. The summed E-state index contributed by atoms with van der Waals surface area (Å²) in [7, 11) is 2.54. The molecular weight excluding hydrogens is 563 g/mol. The van der Waals surface area contributed by atoms with Crippen LogP contribution < -0.4 is 9.64 Å². The van der Waals surface area contributed by atoms with Crippen molar-refractivity contribution in [2.75, 3.05) is 24.9 Å². The molecule has 39 heavy (non-hydrogen) atoms. The Bertz CT molecular complexity index is 1660. The number of fused-ring (bicyclic) bond motifs is 6. The highest BCUT2D eigenvalue weighted by Crippen LogP contribution is 2.53. The molecule has 0 aliphatic carbocycles. The number of pyridine rings is 1. The number of anilines is 1. The number of carbonyl (C=O) groups is 1. The van der Waals surface area contributed by atoms with Gasteiger partial charge in [-0.05, 0) is 29.8 Å². The fourth-order valence-electron chi connectivity index (χ4n) is 4.90. The van der Waals surface area contributed by atoms with Crippen molar-refractivity contribution in [1.29, 1.82) is 0 Å². The molecule has 1 atom stereocenters. The summed E-state index contributed by atoms with van der Waals surface area (Å²) in [5, 5.41) is -4.28. The lowest BCUT2D eigenvalue weighted by atomic mass is 9.90. The van der Waals surface area contributed by atoms with Crippen LogP contribution in [-0.4, -0.2) is 43.2 Å². The molecule has 1 aliphatic rings. The predicted octanol–water partition coefficient (Wildman–Crippen LogP) is 8.06. The van der Waals surface area contributed by atoms with Crippen LogP contribution in [0.1, 0.15) is 26.7 Å². The Hall–Kier alpha value is -3.42. The van der Waals surface area contributed by atoms with Gasteiger partial charge < -0.3 is 9.64 Å². The molecule has 1 aliphatic heterocycles. The van der Waals surface area contributed by atoms with Crippen molar-refractivity contribution in [1.82, 2.24) is 4.98 Å². The van der Waals surface area contributed by atoms with Gasteiger partial charge in [0.15, 0.2) is 0 Å². The van der Waals surface area contributed by atoms with Crippen LogP contribution in [0, 0.1) is 0 Å². The van der Waals surface area contributed by atoms with E-state index in [9.17, 15) is 44.3 Å². The Morgan fingerprint density at radius 1 is 0.974 bits per heavy atom. The zero-order valence-corrected chi connectivity index (χ0v) is 20.6.